The second-order valence-electron chi connectivity index (χ2n) is 4.76. The molecule has 0 spiro atoms. The summed E-state index contributed by atoms with van der Waals surface area (Å²) in [5.41, 5.74) is -0.297. The summed E-state index contributed by atoms with van der Waals surface area (Å²) in [6.07, 6.45) is 0. The van der Waals surface area contributed by atoms with Crippen molar-refractivity contribution >= 4 is 0 Å². The Hall–Kier alpha value is -2.37. The smallest absolute Gasteiger partial charge is 0.331 e. The first-order chi connectivity index (χ1) is 9.32. The molecule has 1 aromatic heterocycles. The van der Waals surface area contributed by atoms with Crippen LogP contribution in [0.5, 0.6) is 5.88 Å². The molecular weight excluding hydrogens is 263 g/mol. The normalized spacial score (nSPS) is 12.4. The zero-order chi connectivity index (χ0) is 15.0. The molecule has 106 valence electrons. The Morgan fingerprint density at radius 1 is 1.30 bits per heavy atom. The quantitative estimate of drug-likeness (QED) is 0.876. The van der Waals surface area contributed by atoms with E-state index in [1.165, 1.54) is 13.0 Å². The SMILES string of the molecule is Cc1ccc(C(C)n2c(O)c(C)c(=O)[nH]c2=O)cc1F. The van der Waals surface area contributed by atoms with Gasteiger partial charge < -0.3 is 5.11 Å². The summed E-state index contributed by atoms with van der Waals surface area (Å²) in [5, 5.41) is 9.96. The predicted octanol–water partition coefficient (Wildman–Crippen LogP) is 1.61. The molecular formula is C14H15FN2O3. The van der Waals surface area contributed by atoms with E-state index in [1.54, 1.807) is 26.0 Å². The largest absolute Gasteiger partial charge is 0.494 e. The van der Waals surface area contributed by atoms with E-state index in [1.807, 2.05) is 0 Å². The van der Waals surface area contributed by atoms with E-state index >= 15 is 0 Å². The molecule has 20 heavy (non-hydrogen) atoms. The number of aryl methyl sites for hydroxylation is 1. The van der Waals surface area contributed by atoms with Gasteiger partial charge in [0.15, 0.2) is 0 Å². The van der Waals surface area contributed by atoms with Gasteiger partial charge in [-0.25, -0.2) is 9.18 Å². The molecule has 0 bridgehead atoms. The number of nitrogens with zero attached hydrogens (tertiary/aromatic N) is 1. The summed E-state index contributed by atoms with van der Waals surface area (Å²) in [4.78, 5) is 25.3. The summed E-state index contributed by atoms with van der Waals surface area (Å²) >= 11 is 0. The molecule has 1 aromatic carbocycles. The van der Waals surface area contributed by atoms with Crippen LogP contribution in [0.3, 0.4) is 0 Å². The first-order valence-corrected chi connectivity index (χ1v) is 6.13. The van der Waals surface area contributed by atoms with Crippen LogP contribution in [0.1, 0.15) is 29.7 Å². The number of hydrogen-bond acceptors (Lipinski definition) is 3. The van der Waals surface area contributed by atoms with Crippen molar-refractivity contribution in [3.8, 4) is 5.88 Å². The predicted molar refractivity (Wildman–Crippen MR) is 72.7 cm³/mol. The molecule has 0 aliphatic carbocycles. The fourth-order valence-electron chi connectivity index (χ4n) is 2.01. The Morgan fingerprint density at radius 2 is 1.95 bits per heavy atom. The lowest BCUT2D eigenvalue weighted by Gasteiger charge is -2.18. The molecule has 2 N–H and O–H groups in total. The average Bonchev–Trinajstić information content (AvgIpc) is 2.39. The maximum absolute atomic E-state index is 13.6. The highest BCUT2D eigenvalue weighted by molar-refractivity contribution is 5.29. The van der Waals surface area contributed by atoms with Crippen molar-refractivity contribution in [3.63, 3.8) is 0 Å². The Morgan fingerprint density at radius 3 is 2.55 bits per heavy atom. The van der Waals surface area contributed by atoms with Crippen molar-refractivity contribution in [2.45, 2.75) is 26.8 Å². The van der Waals surface area contributed by atoms with Crippen molar-refractivity contribution in [2.75, 3.05) is 0 Å². The van der Waals surface area contributed by atoms with Crippen LogP contribution in [0.25, 0.3) is 0 Å². The Labute approximate surface area is 114 Å². The van der Waals surface area contributed by atoms with Gasteiger partial charge in [-0.1, -0.05) is 12.1 Å². The van der Waals surface area contributed by atoms with Crippen LogP contribution in [-0.4, -0.2) is 14.7 Å². The number of nitrogens with one attached hydrogen (secondary N) is 1. The van der Waals surface area contributed by atoms with Gasteiger partial charge in [-0.05, 0) is 38.0 Å². The lowest BCUT2D eigenvalue weighted by Crippen LogP contribution is -2.33. The van der Waals surface area contributed by atoms with Gasteiger partial charge in [-0.15, -0.1) is 0 Å². The monoisotopic (exact) mass is 278 g/mol. The van der Waals surface area contributed by atoms with Crippen LogP contribution in [0.2, 0.25) is 0 Å². The molecule has 0 radical (unpaired) electrons. The van der Waals surface area contributed by atoms with E-state index in [4.69, 9.17) is 0 Å². The van der Waals surface area contributed by atoms with Crippen LogP contribution in [0.4, 0.5) is 4.39 Å². The van der Waals surface area contributed by atoms with Crippen LogP contribution in [0, 0.1) is 19.7 Å². The number of aromatic hydroxyl groups is 1. The minimum atomic E-state index is -0.730. The fourth-order valence-corrected chi connectivity index (χ4v) is 2.01. The lowest BCUT2D eigenvalue weighted by atomic mass is 10.1. The molecule has 1 heterocycles. The average molecular weight is 278 g/mol. The zero-order valence-electron chi connectivity index (χ0n) is 11.4. The molecule has 2 aromatic rings. The maximum atomic E-state index is 13.6. The Kier molecular flexibility index (Phi) is 3.48. The number of aromatic amines is 1. The molecule has 6 heteroatoms. The summed E-state index contributed by atoms with van der Waals surface area (Å²) < 4.78 is 14.6. The van der Waals surface area contributed by atoms with Crippen LogP contribution in [-0.2, 0) is 0 Å². The summed E-state index contributed by atoms with van der Waals surface area (Å²) in [5.74, 6) is -0.796. The minimum Gasteiger partial charge on any atom is -0.494 e. The highest BCUT2D eigenvalue weighted by Crippen LogP contribution is 2.23. The number of benzene rings is 1. The number of rotatable bonds is 2. The number of aromatic nitrogens is 2. The first-order valence-electron chi connectivity index (χ1n) is 6.13. The minimum absolute atomic E-state index is 0.0454. The van der Waals surface area contributed by atoms with Crippen molar-refractivity contribution < 1.29 is 9.50 Å². The highest BCUT2D eigenvalue weighted by atomic mass is 19.1. The van der Waals surface area contributed by atoms with Gasteiger partial charge in [0.1, 0.15) is 5.82 Å². The fraction of sp³-hybridized carbons (Fsp3) is 0.286. The van der Waals surface area contributed by atoms with Gasteiger partial charge in [0.25, 0.3) is 5.56 Å². The third-order valence-corrected chi connectivity index (χ3v) is 3.41. The zero-order valence-corrected chi connectivity index (χ0v) is 11.4. The summed E-state index contributed by atoms with van der Waals surface area (Å²) in [6, 6.07) is 3.98. The Bertz CT molecular complexity index is 777. The highest BCUT2D eigenvalue weighted by Gasteiger charge is 2.17. The number of H-pyrrole nitrogens is 1. The Balaban J connectivity index is 2.62. The molecule has 0 aliphatic rings. The number of hydrogen-bond donors (Lipinski definition) is 2. The molecule has 1 unspecified atom stereocenters. The first kappa shape index (κ1) is 14.0. The summed E-state index contributed by atoms with van der Waals surface area (Å²) in [6.45, 7) is 4.69. The molecule has 1 atom stereocenters. The molecule has 0 fully saturated rings. The second-order valence-corrected chi connectivity index (χ2v) is 4.76. The maximum Gasteiger partial charge on any atom is 0.331 e. The molecule has 0 amide bonds. The van der Waals surface area contributed by atoms with Gasteiger partial charge in [0, 0.05) is 0 Å². The van der Waals surface area contributed by atoms with E-state index in [0.717, 1.165) is 4.57 Å². The van der Waals surface area contributed by atoms with Crippen LogP contribution >= 0.6 is 0 Å². The third kappa shape index (κ3) is 2.24. The van der Waals surface area contributed by atoms with Crippen molar-refractivity contribution in [3.05, 3.63) is 61.5 Å². The summed E-state index contributed by atoms with van der Waals surface area (Å²) in [7, 11) is 0. The van der Waals surface area contributed by atoms with Crippen molar-refractivity contribution in [2.24, 2.45) is 0 Å². The van der Waals surface area contributed by atoms with Gasteiger partial charge >= 0.3 is 5.69 Å². The van der Waals surface area contributed by atoms with Gasteiger partial charge in [0.2, 0.25) is 5.88 Å². The van der Waals surface area contributed by atoms with E-state index in [-0.39, 0.29) is 11.4 Å². The van der Waals surface area contributed by atoms with Crippen LogP contribution < -0.4 is 11.2 Å². The van der Waals surface area contributed by atoms with E-state index in [9.17, 15) is 19.1 Å². The van der Waals surface area contributed by atoms with E-state index < -0.39 is 23.2 Å². The van der Waals surface area contributed by atoms with Crippen molar-refractivity contribution in [1.82, 2.24) is 9.55 Å². The van der Waals surface area contributed by atoms with E-state index in [2.05, 4.69) is 4.98 Å². The standard InChI is InChI=1S/C14H15FN2O3/c1-7-4-5-10(6-11(7)15)9(3)17-13(19)8(2)12(18)16-14(17)20/h4-6,9,19H,1-3H3,(H,16,18,20). The van der Waals surface area contributed by atoms with Gasteiger partial charge in [0.05, 0.1) is 11.6 Å². The molecule has 0 saturated heterocycles. The molecule has 0 aliphatic heterocycles. The van der Waals surface area contributed by atoms with Gasteiger partial charge in [-0.3, -0.25) is 14.3 Å². The van der Waals surface area contributed by atoms with E-state index in [0.29, 0.717) is 11.1 Å². The third-order valence-electron chi connectivity index (χ3n) is 3.41. The second kappa shape index (κ2) is 4.96. The molecule has 0 saturated carbocycles. The molecule has 2 rings (SSSR count). The lowest BCUT2D eigenvalue weighted by molar-refractivity contribution is 0.384. The van der Waals surface area contributed by atoms with Crippen molar-refractivity contribution in [1.29, 1.82) is 0 Å². The topological polar surface area (TPSA) is 75.1 Å². The van der Waals surface area contributed by atoms with Crippen LogP contribution in [0.15, 0.2) is 27.8 Å². The van der Waals surface area contributed by atoms with Gasteiger partial charge in [-0.2, -0.15) is 0 Å². The molecule has 5 nitrogen and oxygen atoms in total. The number of halogens is 1.